The maximum absolute atomic E-state index is 13.7. The van der Waals surface area contributed by atoms with Gasteiger partial charge in [0, 0.05) is 0 Å². The summed E-state index contributed by atoms with van der Waals surface area (Å²) in [5.41, 5.74) is 6.20. The van der Waals surface area contributed by atoms with Crippen LogP contribution in [0.2, 0.25) is 0 Å². The highest BCUT2D eigenvalue weighted by molar-refractivity contribution is 9.09. The third-order valence-corrected chi connectivity index (χ3v) is 4.35. The van der Waals surface area contributed by atoms with Crippen LogP contribution < -0.4 is 0 Å². The van der Waals surface area contributed by atoms with Crippen molar-refractivity contribution in [2.24, 2.45) is 0 Å². The number of halogens is 2. The van der Waals surface area contributed by atoms with Gasteiger partial charge in [0.1, 0.15) is 5.82 Å². The van der Waals surface area contributed by atoms with Crippen LogP contribution in [0.3, 0.4) is 0 Å². The molecule has 0 aliphatic heterocycles. The predicted molar refractivity (Wildman–Crippen MR) is 82.6 cm³/mol. The molecule has 2 aromatic carbocycles. The Labute approximate surface area is 122 Å². The summed E-state index contributed by atoms with van der Waals surface area (Å²) in [5, 5.41) is 0. The molecule has 1 unspecified atom stereocenters. The largest absolute Gasteiger partial charge is 0.206 e. The summed E-state index contributed by atoms with van der Waals surface area (Å²) in [6.45, 7) is 7.81. The van der Waals surface area contributed by atoms with E-state index in [0.29, 0.717) is 11.1 Å². The smallest absolute Gasteiger partial charge is 0.129 e. The van der Waals surface area contributed by atoms with E-state index in [9.17, 15) is 4.39 Å². The third kappa shape index (κ3) is 3.06. The standard InChI is InChI=1S/C17H18BrF/c1-10-5-11(2)7-14(6-10)16(18)15-8-12(3)17(19)13(4)9-15/h5-9,16H,1-4H3. The van der Waals surface area contributed by atoms with E-state index in [1.165, 1.54) is 16.7 Å². The van der Waals surface area contributed by atoms with Crippen molar-refractivity contribution in [3.05, 3.63) is 69.5 Å². The van der Waals surface area contributed by atoms with Crippen molar-refractivity contribution in [2.75, 3.05) is 0 Å². The molecule has 1 atom stereocenters. The third-order valence-electron chi connectivity index (χ3n) is 3.29. The van der Waals surface area contributed by atoms with Crippen LogP contribution in [0, 0.1) is 33.5 Å². The van der Waals surface area contributed by atoms with Gasteiger partial charge in [0.2, 0.25) is 0 Å². The maximum Gasteiger partial charge on any atom is 0.129 e. The lowest BCUT2D eigenvalue weighted by atomic mass is 9.98. The highest BCUT2D eigenvalue weighted by Gasteiger charge is 2.14. The fourth-order valence-corrected chi connectivity index (χ4v) is 3.00. The van der Waals surface area contributed by atoms with E-state index < -0.39 is 0 Å². The van der Waals surface area contributed by atoms with E-state index in [0.717, 1.165) is 5.56 Å². The van der Waals surface area contributed by atoms with Crippen LogP contribution in [0.25, 0.3) is 0 Å². The average Bonchev–Trinajstić information content (AvgIpc) is 2.33. The van der Waals surface area contributed by atoms with Gasteiger partial charge in [-0.2, -0.15) is 0 Å². The number of rotatable bonds is 2. The highest BCUT2D eigenvalue weighted by atomic mass is 79.9. The lowest BCUT2D eigenvalue weighted by molar-refractivity contribution is 0.608. The minimum atomic E-state index is -0.108. The Morgan fingerprint density at radius 2 is 1.21 bits per heavy atom. The molecule has 2 aromatic rings. The van der Waals surface area contributed by atoms with Gasteiger partial charge in [0.05, 0.1) is 4.83 Å². The van der Waals surface area contributed by atoms with Gasteiger partial charge >= 0.3 is 0 Å². The van der Waals surface area contributed by atoms with Crippen LogP contribution in [-0.4, -0.2) is 0 Å². The van der Waals surface area contributed by atoms with Crippen LogP contribution in [0.15, 0.2) is 30.3 Å². The molecule has 0 amide bonds. The maximum atomic E-state index is 13.7. The number of aryl methyl sites for hydroxylation is 4. The van der Waals surface area contributed by atoms with Crippen LogP contribution in [0.4, 0.5) is 4.39 Å². The van der Waals surface area contributed by atoms with E-state index in [4.69, 9.17) is 0 Å². The molecule has 100 valence electrons. The second-order valence-corrected chi connectivity index (χ2v) is 6.17. The highest BCUT2D eigenvalue weighted by Crippen LogP contribution is 2.33. The molecule has 19 heavy (non-hydrogen) atoms. The zero-order valence-electron chi connectivity index (χ0n) is 11.7. The Kier molecular flexibility index (Phi) is 4.10. The molecule has 0 heterocycles. The molecule has 0 bridgehead atoms. The molecule has 0 aliphatic rings. The van der Waals surface area contributed by atoms with Crippen LogP contribution >= 0.6 is 15.9 Å². The van der Waals surface area contributed by atoms with Gasteiger partial charge in [-0.25, -0.2) is 4.39 Å². The lowest BCUT2D eigenvalue weighted by Gasteiger charge is -2.15. The van der Waals surface area contributed by atoms with Gasteiger partial charge < -0.3 is 0 Å². The fourth-order valence-electron chi connectivity index (χ4n) is 2.47. The van der Waals surface area contributed by atoms with Crippen molar-refractivity contribution in [1.82, 2.24) is 0 Å². The summed E-state index contributed by atoms with van der Waals surface area (Å²) in [7, 11) is 0. The van der Waals surface area contributed by atoms with Crippen LogP contribution in [0.5, 0.6) is 0 Å². The molecular formula is C17H18BrF. The van der Waals surface area contributed by atoms with E-state index >= 15 is 0 Å². The van der Waals surface area contributed by atoms with Gasteiger partial charge in [-0.05, 0) is 49.9 Å². The van der Waals surface area contributed by atoms with Crippen molar-refractivity contribution in [2.45, 2.75) is 32.5 Å². The second kappa shape index (κ2) is 5.46. The Hall–Kier alpha value is -1.15. The summed E-state index contributed by atoms with van der Waals surface area (Å²) >= 11 is 3.73. The number of hydrogen-bond acceptors (Lipinski definition) is 0. The number of benzene rings is 2. The molecule has 0 radical (unpaired) electrons. The first-order valence-corrected chi connectivity index (χ1v) is 7.29. The molecule has 0 nitrogen and oxygen atoms in total. The van der Waals surface area contributed by atoms with Gasteiger partial charge in [-0.3, -0.25) is 0 Å². The quantitative estimate of drug-likeness (QED) is 0.637. The van der Waals surface area contributed by atoms with Crippen molar-refractivity contribution < 1.29 is 4.39 Å². The topological polar surface area (TPSA) is 0 Å². The minimum Gasteiger partial charge on any atom is -0.206 e. The molecule has 2 rings (SSSR count). The SMILES string of the molecule is Cc1cc(C)cc(C(Br)c2cc(C)c(F)c(C)c2)c1. The zero-order valence-corrected chi connectivity index (χ0v) is 13.3. The molecule has 0 saturated heterocycles. The average molecular weight is 321 g/mol. The summed E-state index contributed by atoms with van der Waals surface area (Å²) in [6.07, 6.45) is 0. The summed E-state index contributed by atoms with van der Waals surface area (Å²) in [4.78, 5) is 0.101. The van der Waals surface area contributed by atoms with Gasteiger partial charge in [-0.15, -0.1) is 0 Å². The first kappa shape index (κ1) is 14.3. The number of alkyl halides is 1. The fraction of sp³-hybridized carbons (Fsp3) is 0.294. The second-order valence-electron chi connectivity index (χ2n) is 5.25. The van der Waals surface area contributed by atoms with Crippen molar-refractivity contribution >= 4 is 15.9 Å². The number of hydrogen-bond donors (Lipinski definition) is 0. The van der Waals surface area contributed by atoms with Crippen molar-refractivity contribution in [1.29, 1.82) is 0 Å². The molecule has 0 spiro atoms. The molecule has 0 aliphatic carbocycles. The molecule has 0 N–H and O–H groups in total. The first-order valence-electron chi connectivity index (χ1n) is 6.37. The van der Waals surface area contributed by atoms with Crippen LogP contribution in [-0.2, 0) is 0 Å². The zero-order chi connectivity index (χ0) is 14.2. The van der Waals surface area contributed by atoms with Crippen molar-refractivity contribution in [3.63, 3.8) is 0 Å². The normalized spacial score (nSPS) is 12.5. The molecule has 0 fully saturated rings. The Balaban J connectivity index is 2.46. The summed E-state index contributed by atoms with van der Waals surface area (Å²) < 4.78 is 13.7. The Morgan fingerprint density at radius 3 is 1.68 bits per heavy atom. The van der Waals surface area contributed by atoms with E-state index in [-0.39, 0.29) is 10.6 Å². The van der Waals surface area contributed by atoms with E-state index in [2.05, 4.69) is 48.0 Å². The molecule has 2 heteroatoms. The van der Waals surface area contributed by atoms with Gasteiger partial charge in [0.15, 0.2) is 0 Å². The molecule has 0 aromatic heterocycles. The van der Waals surface area contributed by atoms with E-state index in [1.54, 1.807) is 0 Å². The predicted octanol–water partition coefficient (Wildman–Crippen LogP) is 5.54. The summed E-state index contributed by atoms with van der Waals surface area (Å²) in [6, 6.07) is 10.3. The van der Waals surface area contributed by atoms with Crippen molar-refractivity contribution in [3.8, 4) is 0 Å². The van der Waals surface area contributed by atoms with Gasteiger partial charge in [-0.1, -0.05) is 57.4 Å². The Bertz CT molecular complexity index is 573. The van der Waals surface area contributed by atoms with E-state index in [1.807, 2.05) is 26.0 Å². The Morgan fingerprint density at radius 1 is 0.789 bits per heavy atom. The molecular weight excluding hydrogens is 303 g/mol. The van der Waals surface area contributed by atoms with Crippen LogP contribution in [0.1, 0.15) is 38.2 Å². The first-order chi connectivity index (χ1) is 8.88. The summed E-state index contributed by atoms with van der Waals surface area (Å²) in [5.74, 6) is -0.108. The monoisotopic (exact) mass is 320 g/mol. The van der Waals surface area contributed by atoms with Gasteiger partial charge in [0.25, 0.3) is 0 Å². The molecule has 0 saturated carbocycles. The minimum absolute atomic E-state index is 0.101. The lowest BCUT2D eigenvalue weighted by Crippen LogP contribution is -1.98.